The molecule has 11 heteroatoms. The van der Waals surface area contributed by atoms with Gasteiger partial charge in [0, 0.05) is 30.2 Å². The van der Waals surface area contributed by atoms with Gasteiger partial charge in [-0.1, -0.05) is 19.1 Å². The van der Waals surface area contributed by atoms with Gasteiger partial charge in [-0.05, 0) is 73.4 Å². The van der Waals surface area contributed by atoms with Crippen LogP contribution in [0.25, 0.3) is 22.3 Å². The van der Waals surface area contributed by atoms with Crippen LogP contribution in [0, 0.1) is 28.8 Å². The number of hydrogen-bond acceptors (Lipinski definition) is 6. The number of halogens is 3. The summed E-state index contributed by atoms with van der Waals surface area (Å²) in [5, 5.41) is 18.0. The Kier molecular flexibility index (Phi) is 9.75. The highest BCUT2D eigenvalue weighted by Gasteiger charge is 2.16. The molecule has 230 valence electrons. The third kappa shape index (κ3) is 7.66. The van der Waals surface area contributed by atoms with Crippen LogP contribution in [-0.2, 0) is 17.8 Å². The minimum Gasteiger partial charge on any atom is -0.478 e. The molecule has 8 nitrogen and oxygen atoms in total. The number of aromatic carboxylic acids is 1. The molecule has 0 bridgehead atoms. The number of ether oxygens (including phenoxy) is 2. The molecule has 1 saturated heterocycles. The first kappa shape index (κ1) is 31.2. The van der Waals surface area contributed by atoms with Crippen molar-refractivity contribution in [3.05, 3.63) is 112 Å². The van der Waals surface area contributed by atoms with E-state index in [0.717, 1.165) is 24.8 Å². The number of nitriles is 1. The standard InChI is InChI=1S/C28H17F3N4O3.C6H12O/c29-20-8-15(13-32)4-5-17(20)14-38-27-3-1-2-23(35-27)19-12-21(30)18(9-22(19)31)11-26-33-24-7-6-16(28(36)37)10-25(24)34-26;1-2-6-4-3-5-7-6/h1-10,12H,11,14H2,(H,33,34)(H,36,37);6H,2-5H2,1H3/t;6-/m.0/s1. The van der Waals surface area contributed by atoms with Crippen molar-refractivity contribution in [3.8, 4) is 23.2 Å². The lowest BCUT2D eigenvalue weighted by atomic mass is 10.0. The van der Waals surface area contributed by atoms with Crippen molar-refractivity contribution < 1.29 is 32.5 Å². The van der Waals surface area contributed by atoms with E-state index in [1.54, 1.807) is 6.07 Å². The predicted octanol–water partition coefficient (Wildman–Crippen LogP) is 7.36. The van der Waals surface area contributed by atoms with Gasteiger partial charge in [0.1, 0.15) is 29.9 Å². The smallest absolute Gasteiger partial charge is 0.335 e. The Labute approximate surface area is 257 Å². The first-order valence-corrected chi connectivity index (χ1v) is 14.3. The molecule has 3 aromatic carbocycles. The van der Waals surface area contributed by atoms with Gasteiger partial charge >= 0.3 is 5.97 Å². The fourth-order valence-electron chi connectivity index (χ4n) is 4.88. The Morgan fingerprint density at radius 1 is 1.04 bits per heavy atom. The Morgan fingerprint density at radius 3 is 2.56 bits per heavy atom. The van der Waals surface area contributed by atoms with E-state index in [2.05, 4.69) is 21.9 Å². The first-order chi connectivity index (χ1) is 21.7. The number of carboxylic acid groups (broad SMARTS) is 1. The lowest BCUT2D eigenvalue weighted by Gasteiger charge is -2.10. The Balaban J connectivity index is 0.000000505. The Morgan fingerprint density at radius 2 is 1.87 bits per heavy atom. The number of nitrogens with zero attached hydrogens (tertiary/aromatic N) is 3. The fourth-order valence-corrected chi connectivity index (χ4v) is 4.88. The summed E-state index contributed by atoms with van der Waals surface area (Å²) in [5.41, 5.74) is 1.53. The molecule has 5 aromatic rings. The molecule has 0 saturated carbocycles. The van der Waals surface area contributed by atoms with E-state index in [0.29, 0.717) is 23.0 Å². The van der Waals surface area contributed by atoms with Gasteiger partial charge in [-0.25, -0.2) is 27.9 Å². The molecule has 1 aliphatic rings. The summed E-state index contributed by atoms with van der Waals surface area (Å²) in [6.45, 7) is 3.00. The van der Waals surface area contributed by atoms with Crippen molar-refractivity contribution in [3.63, 3.8) is 0 Å². The van der Waals surface area contributed by atoms with Crippen LogP contribution in [0.15, 0.2) is 66.7 Å². The number of hydrogen-bond donors (Lipinski definition) is 2. The van der Waals surface area contributed by atoms with Crippen LogP contribution in [-0.4, -0.2) is 38.7 Å². The highest BCUT2D eigenvalue weighted by molar-refractivity contribution is 5.92. The molecule has 0 spiro atoms. The van der Waals surface area contributed by atoms with Crippen molar-refractivity contribution in [1.29, 1.82) is 5.26 Å². The maximum absolute atomic E-state index is 15.1. The molecular weight excluding hydrogens is 585 g/mol. The SMILES string of the molecule is CC[C@H]1CCCO1.N#Cc1ccc(COc2cccc(-c3cc(F)c(Cc4nc5ccc(C(=O)O)cc5[nH]4)cc3F)n2)c(F)c1. The monoisotopic (exact) mass is 614 g/mol. The second-order valence-corrected chi connectivity index (χ2v) is 10.4. The third-order valence-corrected chi connectivity index (χ3v) is 7.31. The van der Waals surface area contributed by atoms with E-state index < -0.39 is 23.4 Å². The molecule has 1 atom stereocenters. The molecule has 0 amide bonds. The number of benzene rings is 3. The van der Waals surface area contributed by atoms with E-state index in [1.165, 1.54) is 61.7 Å². The number of carboxylic acids is 1. The molecule has 1 fully saturated rings. The molecule has 3 heterocycles. The van der Waals surface area contributed by atoms with Crippen LogP contribution >= 0.6 is 0 Å². The molecule has 0 unspecified atom stereocenters. The number of pyridine rings is 1. The molecular formula is C34H29F3N4O4. The molecule has 6 rings (SSSR count). The highest BCUT2D eigenvalue weighted by Crippen LogP contribution is 2.27. The van der Waals surface area contributed by atoms with E-state index in [9.17, 15) is 13.6 Å². The zero-order valence-corrected chi connectivity index (χ0v) is 24.3. The largest absolute Gasteiger partial charge is 0.478 e. The van der Waals surface area contributed by atoms with Gasteiger partial charge in [0.2, 0.25) is 5.88 Å². The van der Waals surface area contributed by atoms with Crippen LogP contribution in [0.3, 0.4) is 0 Å². The predicted molar refractivity (Wildman–Crippen MR) is 160 cm³/mol. The summed E-state index contributed by atoms with van der Waals surface area (Å²) in [6, 6.07) is 16.8. The number of fused-ring (bicyclic) bond motifs is 1. The number of aromatic amines is 1. The molecule has 45 heavy (non-hydrogen) atoms. The number of H-pyrrole nitrogens is 1. The van der Waals surface area contributed by atoms with Crippen molar-refractivity contribution in [2.75, 3.05) is 6.61 Å². The number of carbonyl (C=O) groups is 1. The maximum atomic E-state index is 15.1. The fraction of sp³-hybridized carbons (Fsp3) is 0.235. The van der Waals surface area contributed by atoms with Gasteiger partial charge in [-0.2, -0.15) is 5.26 Å². The van der Waals surface area contributed by atoms with E-state index in [4.69, 9.17) is 19.8 Å². The van der Waals surface area contributed by atoms with Gasteiger partial charge < -0.3 is 19.6 Å². The number of nitrogens with one attached hydrogen (secondary N) is 1. The number of imidazole rings is 1. The lowest BCUT2D eigenvalue weighted by Crippen LogP contribution is -2.02. The first-order valence-electron chi connectivity index (χ1n) is 14.3. The van der Waals surface area contributed by atoms with Gasteiger partial charge in [-0.15, -0.1) is 0 Å². The topological polar surface area (TPSA) is 121 Å². The molecule has 2 N–H and O–H groups in total. The van der Waals surface area contributed by atoms with Gasteiger partial charge in [-0.3, -0.25) is 0 Å². The average Bonchev–Trinajstić information content (AvgIpc) is 3.72. The number of aromatic nitrogens is 3. The molecule has 1 aliphatic heterocycles. The summed E-state index contributed by atoms with van der Waals surface area (Å²) in [7, 11) is 0. The molecule has 0 aliphatic carbocycles. The molecule has 2 aromatic heterocycles. The van der Waals surface area contributed by atoms with Crippen LogP contribution in [0.4, 0.5) is 13.2 Å². The minimum atomic E-state index is -1.09. The summed E-state index contributed by atoms with van der Waals surface area (Å²) >= 11 is 0. The average molecular weight is 615 g/mol. The van der Waals surface area contributed by atoms with Crippen LogP contribution in [0.2, 0.25) is 0 Å². The third-order valence-electron chi connectivity index (χ3n) is 7.31. The lowest BCUT2D eigenvalue weighted by molar-refractivity contribution is 0.0697. The van der Waals surface area contributed by atoms with Crippen LogP contribution < -0.4 is 4.74 Å². The van der Waals surface area contributed by atoms with Gasteiger partial charge in [0.15, 0.2) is 0 Å². The van der Waals surface area contributed by atoms with E-state index in [1.807, 2.05) is 6.07 Å². The van der Waals surface area contributed by atoms with E-state index >= 15 is 4.39 Å². The number of rotatable bonds is 8. The zero-order valence-electron chi connectivity index (χ0n) is 24.3. The zero-order chi connectivity index (χ0) is 31.9. The van der Waals surface area contributed by atoms with Gasteiger partial charge in [0.05, 0.1) is 40.0 Å². The van der Waals surface area contributed by atoms with Crippen molar-refractivity contribution >= 4 is 17.0 Å². The quantitative estimate of drug-likeness (QED) is 0.187. The van der Waals surface area contributed by atoms with Crippen molar-refractivity contribution in [1.82, 2.24) is 15.0 Å². The Bertz CT molecular complexity index is 1880. The van der Waals surface area contributed by atoms with Crippen molar-refractivity contribution in [2.45, 2.75) is 45.3 Å². The second-order valence-electron chi connectivity index (χ2n) is 10.4. The normalized spacial score (nSPS) is 14.1. The maximum Gasteiger partial charge on any atom is 0.335 e. The van der Waals surface area contributed by atoms with Crippen molar-refractivity contribution in [2.24, 2.45) is 0 Å². The second kappa shape index (κ2) is 14.1. The van der Waals surface area contributed by atoms with E-state index in [-0.39, 0.29) is 52.4 Å². The van der Waals surface area contributed by atoms with Gasteiger partial charge in [0.25, 0.3) is 0 Å². The van der Waals surface area contributed by atoms with Crippen LogP contribution in [0.5, 0.6) is 5.88 Å². The summed E-state index contributed by atoms with van der Waals surface area (Å²) < 4.78 is 55.0. The van der Waals surface area contributed by atoms with Crippen LogP contribution in [0.1, 0.15) is 59.1 Å². The summed E-state index contributed by atoms with van der Waals surface area (Å²) in [6.07, 6.45) is 4.31. The molecule has 0 radical (unpaired) electrons. The highest BCUT2D eigenvalue weighted by atomic mass is 19.1. The summed E-state index contributed by atoms with van der Waals surface area (Å²) in [4.78, 5) is 22.7. The minimum absolute atomic E-state index is 0.0486. The summed E-state index contributed by atoms with van der Waals surface area (Å²) in [5.74, 6) is -2.66. The Hall–Kier alpha value is -5.21.